The molecule has 6 aliphatic rings. The summed E-state index contributed by atoms with van der Waals surface area (Å²) in [5.74, 6) is -4.58. The molecule has 1 unspecified atom stereocenters. The molecule has 0 aromatic heterocycles. The minimum Gasteiger partial charge on any atom is -0.348 e. The lowest BCUT2D eigenvalue weighted by molar-refractivity contribution is -0.260. The van der Waals surface area contributed by atoms with Crippen LogP contribution >= 0.6 is 7.37 Å². The van der Waals surface area contributed by atoms with Gasteiger partial charge in [0.2, 0.25) is 0 Å². The third-order valence-electron chi connectivity index (χ3n) is 8.61. The quantitative estimate of drug-likeness (QED) is 0.446. The summed E-state index contributed by atoms with van der Waals surface area (Å²) in [5, 5.41) is 0.485. The molecule has 0 bridgehead atoms. The zero-order valence-electron chi connectivity index (χ0n) is 25.9. The smallest absolute Gasteiger partial charge is 0.263 e. The van der Waals surface area contributed by atoms with E-state index in [1.165, 1.54) is 0 Å². The van der Waals surface area contributed by atoms with Crippen LogP contribution in [0.25, 0.3) is 0 Å². The molecule has 7 rings (SSSR count). The van der Waals surface area contributed by atoms with Crippen molar-refractivity contribution in [2.75, 3.05) is 13.2 Å². The molecule has 0 aliphatic carbocycles. The lowest BCUT2D eigenvalue weighted by Crippen LogP contribution is -2.56. The van der Waals surface area contributed by atoms with Gasteiger partial charge in [-0.05, 0) is 67.5 Å². The molecule has 0 amide bonds. The van der Waals surface area contributed by atoms with Gasteiger partial charge in [-0.2, -0.15) is 0 Å². The summed E-state index contributed by atoms with van der Waals surface area (Å²) in [6, 6.07) is 9.04. The van der Waals surface area contributed by atoms with E-state index in [0.717, 1.165) is 0 Å². The monoisotopic (exact) mass is 626 g/mol. The number of ether oxygens (including phenoxy) is 10. The second-order valence-corrected chi connectivity index (χ2v) is 16.3. The van der Waals surface area contributed by atoms with Gasteiger partial charge in [0.05, 0.1) is 13.2 Å². The zero-order chi connectivity index (χ0) is 30.6. The van der Waals surface area contributed by atoms with E-state index in [1.54, 1.807) is 12.1 Å². The van der Waals surface area contributed by atoms with Crippen LogP contribution in [0.1, 0.15) is 55.4 Å². The van der Waals surface area contributed by atoms with Crippen LogP contribution in [0.5, 0.6) is 0 Å². The van der Waals surface area contributed by atoms with Gasteiger partial charge >= 0.3 is 0 Å². The first kappa shape index (κ1) is 30.7. The van der Waals surface area contributed by atoms with Crippen LogP contribution in [-0.2, 0) is 56.5 Å². The molecule has 0 spiro atoms. The van der Waals surface area contributed by atoms with Crippen LogP contribution in [0, 0.1) is 0 Å². The number of fused-ring (bicyclic) bond motifs is 2. The van der Waals surface area contributed by atoms with Crippen molar-refractivity contribution in [1.29, 1.82) is 0 Å². The molecule has 6 fully saturated rings. The number of rotatable bonds is 5. The van der Waals surface area contributed by atoms with Crippen molar-refractivity contribution in [2.24, 2.45) is 0 Å². The largest absolute Gasteiger partial charge is 0.348 e. The molecule has 6 aliphatic heterocycles. The van der Waals surface area contributed by atoms with Gasteiger partial charge in [-0.15, -0.1) is 0 Å². The van der Waals surface area contributed by atoms with Crippen molar-refractivity contribution >= 4 is 12.7 Å². The second-order valence-electron chi connectivity index (χ2n) is 13.9. The summed E-state index contributed by atoms with van der Waals surface area (Å²) < 4.78 is 84.7. The van der Waals surface area contributed by atoms with Crippen LogP contribution in [0.4, 0.5) is 0 Å². The molecule has 0 saturated carbocycles. The maximum absolute atomic E-state index is 15.3. The Kier molecular flexibility index (Phi) is 7.31. The number of hydrogen-bond acceptors (Lipinski definition) is 12. The molecule has 13 heteroatoms. The van der Waals surface area contributed by atoms with E-state index in [0.29, 0.717) is 11.9 Å². The molecule has 0 N–H and O–H groups in total. The highest BCUT2D eigenvalue weighted by Gasteiger charge is 2.66. The van der Waals surface area contributed by atoms with Crippen molar-refractivity contribution < 1.29 is 56.5 Å². The minimum atomic E-state index is -3.83. The predicted molar refractivity (Wildman–Crippen MR) is 150 cm³/mol. The highest BCUT2D eigenvalue weighted by atomic mass is 31.2. The summed E-state index contributed by atoms with van der Waals surface area (Å²) in [7, 11) is -3.83. The lowest BCUT2D eigenvalue weighted by atomic mass is 10.0. The van der Waals surface area contributed by atoms with Crippen LogP contribution < -0.4 is 5.30 Å². The summed E-state index contributed by atoms with van der Waals surface area (Å²) in [6.07, 6.45) is -5.80. The zero-order valence-corrected chi connectivity index (χ0v) is 26.8. The van der Waals surface area contributed by atoms with Gasteiger partial charge in [0.15, 0.2) is 35.3 Å². The van der Waals surface area contributed by atoms with E-state index in [1.807, 2.05) is 73.6 Å². The highest BCUT2D eigenvalue weighted by molar-refractivity contribution is 7.67. The topological polar surface area (TPSA) is 119 Å². The first-order valence-corrected chi connectivity index (χ1v) is 16.7. The van der Waals surface area contributed by atoms with Gasteiger partial charge in [0, 0.05) is 5.30 Å². The van der Waals surface area contributed by atoms with Crippen LogP contribution in [0.15, 0.2) is 30.3 Å². The molecule has 6 saturated heterocycles. The fraction of sp³-hybridized carbons (Fsp3) is 0.800. The highest BCUT2D eigenvalue weighted by Crippen LogP contribution is 2.62. The molecule has 1 aromatic rings. The molecule has 240 valence electrons. The van der Waals surface area contributed by atoms with E-state index in [9.17, 15) is 0 Å². The van der Waals surface area contributed by atoms with Gasteiger partial charge in [-0.3, -0.25) is 4.57 Å². The van der Waals surface area contributed by atoms with E-state index in [2.05, 4.69) is 0 Å². The van der Waals surface area contributed by atoms with Crippen molar-refractivity contribution in [3.63, 3.8) is 0 Å². The Bertz CT molecular complexity index is 1250. The summed E-state index contributed by atoms with van der Waals surface area (Å²) in [6.45, 7) is 15.3. The molecular weight excluding hydrogens is 583 g/mol. The van der Waals surface area contributed by atoms with E-state index >= 15 is 4.57 Å². The Balaban J connectivity index is 1.24. The van der Waals surface area contributed by atoms with Gasteiger partial charge in [-0.1, -0.05) is 18.2 Å². The molecule has 12 nitrogen and oxygen atoms in total. The van der Waals surface area contributed by atoms with Crippen LogP contribution in [0.2, 0.25) is 0 Å². The van der Waals surface area contributed by atoms with Gasteiger partial charge < -0.3 is 51.9 Å². The molecular formula is C30H43O12P. The molecule has 0 radical (unpaired) electrons. The maximum Gasteiger partial charge on any atom is 0.263 e. The summed E-state index contributed by atoms with van der Waals surface area (Å²) in [5.41, 5.74) is 0. The van der Waals surface area contributed by atoms with Crippen molar-refractivity contribution in [2.45, 2.75) is 140 Å². The number of hydrogen-bond donors (Lipinski definition) is 0. The molecule has 6 heterocycles. The van der Waals surface area contributed by atoms with Crippen molar-refractivity contribution in [1.82, 2.24) is 0 Å². The third kappa shape index (κ3) is 5.55. The SMILES string of the molecule is CC1(C)O[C@@H]2[C@H]([C@@H]3COC(C)(C)O3)O[C@H](O[C@H]3[C@H]4OC(C)(C)O[C@H]4[C@@H]([C@H]4COC(C)(C)O4)OP3(=O)c3ccccc3)[C@@H]2O1. The Labute approximate surface area is 252 Å². The predicted octanol–water partition coefficient (Wildman–Crippen LogP) is 3.40. The Hall–Kier alpha value is -0.990. The first-order valence-electron chi connectivity index (χ1n) is 15.0. The molecule has 1 aromatic carbocycles. The van der Waals surface area contributed by atoms with Crippen LogP contribution in [0.3, 0.4) is 0 Å². The van der Waals surface area contributed by atoms with Gasteiger partial charge in [0.25, 0.3) is 7.37 Å². The Morgan fingerprint density at radius 3 is 1.70 bits per heavy atom. The Morgan fingerprint density at radius 1 is 0.628 bits per heavy atom. The summed E-state index contributed by atoms with van der Waals surface area (Å²) in [4.78, 5) is 0. The normalized spacial score (nSPS) is 47.4. The van der Waals surface area contributed by atoms with E-state index < -0.39 is 91.5 Å². The van der Waals surface area contributed by atoms with Crippen molar-refractivity contribution in [3.8, 4) is 0 Å². The van der Waals surface area contributed by atoms with Crippen LogP contribution in [-0.4, -0.2) is 97.3 Å². The molecule has 11 atom stereocenters. The van der Waals surface area contributed by atoms with Crippen molar-refractivity contribution in [3.05, 3.63) is 30.3 Å². The van der Waals surface area contributed by atoms with E-state index in [4.69, 9.17) is 51.9 Å². The minimum absolute atomic E-state index is 0.252. The maximum atomic E-state index is 15.3. The Morgan fingerprint density at radius 2 is 1.14 bits per heavy atom. The van der Waals surface area contributed by atoms with Gasteiger partial charge in [0.1, 0.15) is 48.8 Å². The van der Waals surface area contributed by atoms with E-state index in [-0.39, 0.29) is 6.61 Å². The summed E-state index contributed by atoms with van der Waals surface area (Å²) >= 11 is 0. The lowest BCUT2D eigenvalue weighted by Gasteiger charge is -2.44. The first-order chi connectivity index (χ1) is 20.0. The average molecular weight is 627 g/mol. The molecule has 43 heavy (non-hydrogen) atoms. The standard InChI is InChI=1S/C30H43O12P/c1-27(2)32-14-17(36-27)19-21-23(40-29(5,6)38-21)25(34-19)35-26-24-22(39-30(7,8)41-24)20(18-15-33-28(3,4)37-18)42-43(26,31)16-12-10-9-11-13-16/h9-13,17-26H,14-15H2,1-8H3/t17-,18+,19-,20+,21+,22-,23+,24-,25+,26+,43?/m0/s1. The fourth-order valence-electron chi connectivity index (χ4n) is 6.96. The second kappa shape index (κ2) is 10.3. The average Bonchev–Trinajstić information content (AvgIpc) is 3.69. The fourth-order valence-corrected chi connectivity index (χ4v) is 9.60. The third-order valence-corrected chi connectivity index (χ3v) is 11.3. The van der Waals surface area contributed by atoms with Gasteiger partial charge in [-0.25, -0.2) is 0 Å². The number of benzene rings is 1.